The van der Waals surface area contributed by atoms with Gasteiger partial charge in [-0.3, -0.25) is 4.90 Å². The third kappa shape index (κ3) is 2.40. The third-order valence-electron chi connectivity index (χ3n) is 6.63. The van der Waals surface area contributed by atoms with E-state index in [2.05, 4.69) is 72.2 Å². The first kappa shape index (κ1) is 16.0. The van der Waals surface area contributed by atoms with Gasteiger partial charge in [0.1, 0.15) is 0 Å². The van der Waals surface area contributed by atoms with Crippen LogP contribution in [0.15, 0.2) is 67.3 Å². The minimum atomic E-state index is -0.459. The summed E-state index contributed by atoms with van der Waals surface area (Å²) in [4.78, 5) is 2.49. The van der Waals surface area contributed by atoms with Crippen molar-refractivity contribution in [1.29, 1.82) is 0 Å². The standard InChI is InChI=1S/C24H25NO/c1-2-16-15-25-12-11-17(16)14-22(25)24(26)23-20-9-5-3-7-18(20)13-19-8-4-6-10-21(19)23/h2-10,13,16-17,22,24,26H,1,11-12,14-15H2/t16-,17-,22+,24-/m0/s1. The van der Waals surface area contributed by atoms with E-state index in [9.17, 15) is 5.11 Å². The lowest BCUT2D eigenvalue weighted by molar-refractivity contribution is -0.0440. The Morgan fingerprint density at radius 1 is 1.04 bits per heavy atom. The number of rotatable bonds is 3. The molecule has 1 N–H and O–H groups in total. The van der Waals surface area contributed by atoms with E-state index in [4.69, 9.17) is 0 Å². The van der Waals surface area contributed by atoms with Gasteiger partial charge in [-0.15, -0.1) is 6.58 Å². The second-order valence-corrected chi connectivity index (χ2v) is 7.92. The molecule has 2 nitrogen and oxygen atoms in total. The zero-order valence-electron chi connectivity index (χ0n) is 15.0. The highest BCUT2D eigenvalue weighted by molar-refractivity contribution is 6.02. The Hall–Kier alpha value is -2.16. The van der Waals surface area contributed by atoms with Crippen LogP contribution in [0.25, 0.3) is 21.5 Å². The lowest BCUT2D eigenvalue weighted by Gasteiger charge is -2.50. The Kier molecular flexibility index (Phi) is 3.84. The molecule has 2 heteroatoms. The van der Waals surface area contributed by atoms with Crippen LogP contribution in [0.1, 0.15) is 24.5 Å². The van der Waals surface area contributed by atoms with Gasteiger partial charge < -0.3 is 5.11 Å². The number of aliphatic hydroxyl groups is 1. The van der Waals surface area contributed by atoms with Crippen molar-refractivity contribution in [3.05, 3.63) is 72.8 Å². The Labute approximate surface area is 154 Å². The molecule has 0 amide bonds. The first-order valence-corrected chi connectivity index (χ1v) is 9.71. The average molecular weight is 343 g/mol. The monoisotopic (exact) mass is 343 g/mol. The number of aliphatic hydroxyl groups excluding tert-OH is 1. The topological polar surface area (TPSA) is 23.5 Å². The zero-order chi connectivity index (χ0) is 17.7. The number of nitrogens with zero attached hydrogens (tertiary/aromatic N) is 1. The number of hydrogen-bond donors (Lipinski definition) is 1. The lowest BCUT2D eigenvalue weighted by Crippen LogP contribution is -2.54. The first-order valence-electron chi connectivity index (χ1n) is 9.71. The molecule has 5 atom stereocenters. The quantitative estimate of drug-likeness (QED) is 0.539. The summed E-state index contributed by atoms with van der Waals surface area (Å²) in [6, 6.07) is 19.4. The number of benzene rings is 3. The largest absolute Gasteiger partial charge is 0.387 e. The van der Waals surface area contributed by atoms with Crippen LogP contribution in [-0.2, 0) is 0 Å². The van der Waals surface area contributed by atoms with Gasteiger partial charge in [0.05, 0.1) is 6.10 Å². The summed E-state index contributed by atoms with van der Waals surface area (Å²) >= 11 is 0. The Morgan fingerprint density at radius 3 is 2.27 bits per heavy atom. The van der Waals surface area contributed by atoms with Gasteiger partial charge in [0.15, 0.2) is 0 Å². The van der Waals surface area contributed by atoms with Crippen LogP contribution < -0.4 is 0 Å². The summed E-state index contributed by atoms with van der Waals surface area (Å²) in [6.07, 6.45) is 3.96. The fourth-order valence-corrected chi connectivity index (χ4v) is 5.27. The highest BCUT2D eigenvalue weighted by Gasteiger charge is 2.42. The molecule has 3 aliphatic heterocycles. The van der Waals surface area contributed by atoms with E-state index in [1.165, 1.54) is 28.0 Å². The highest BCUT2D eigenvalue weighted by atomic mass is 16.3. The van der Waals surface area contributed by atoms with Crippen molar-refractivity contribution in [3.8, 4) is 0 Å². The van der Waals surface area contributed by atoms with E-state index in [1.807, 2.05) is 0 Å². The zero-order valence-corrected chi connectivity index (χ0v) is 15.0. The summed E-state index contributed by atoms with van der Waals surface area (Å²) in [7, 11) is 0. The molecule has 0 radical (unpaired) electrons. The van der Waals surface area contributed by atoms with Gasteiger partial charge in [-0.05, 0) is 64.4 Å². The summed E-state index contributed by atoms with van der Waals surface area (Å²) in [6.45, 7) is 6.16. The van der Waals surface area contributed by atoms with Crippen molar-refractivity contribution in [2.24, 2.45) is 11.8 Å². The molecular weight excluding hydrogens is 318 g/mol. The molecule has 0 aliphatic carbocycles. The summed E-state index contributed by atoms with van der Waals surface area (Å²) in [5.41, 5.74) is 1.10. The molecule has 1 unspecified atom stereocenters. The van der Waals surface area contributed by atoms with E-state index >= 15 is 0 Å². The second-order valence-electron chi connectivity index (χ2n) is 7.92. The van der Waals surface area contributed by atoms with Crippen molar-refractivity contribution in [2.45, 2.75) is 25.0 Å². The van der Waals surface area contributed by atoms with E-state index < -0.39 is 6.10 Å². The van der Waals surface area contributed by atoms with Gasteiger partial charge in [-0.1, -0.05) is 54.6 Å². The SMILES string of the molecule is C=C[C@H]1CN2CC[C@H]1C[C@@H]2[C@H](O)c1c2ccccc2cc2ccccc12. The van der Waals surface area contributed by atoms with Crippen molar-refractivity contribution in [3.63, 3.8) is 0 Å². The second kappa shape index (κ2) is 6.22. The van der Waals surface area contributed by atoms with Crippen LogP contribution in [0.5, 0.6) is 0 Å². The molecule has 3 aromatic carbocycles. The average Bonchev–Trinajstić information content (AvgIpc) is 2.71. The van der Waals surface area contributed by atoms with E-state index in [0.29, 0.717) is 11.8 Å². The molecule has 0 aromatic heterocycles. The Bertz CT molecular complexity index is 924. The van der Waals surface area contributed by atoms with Crippen LogP contribution in [0.2, 0.25) is 0 Å². The molecule has 3 aliphatic rings. The maximum absolute atomic E-state index is 11.6. The fourth-order valence-electron chi connectivity index (χ4n) is 5.27. The molecule has 3 fully saturated rings. The van der Waals surface area contributed by atoms with Crippen LogP contribution in [0.4, 0.5) is 0 Å². The molecular formula is C24H25NO. The summed E-state index contributed by atoms with van der Waals surface area (Å²) < 4.78 is 0. The maximum Gasteiger partial charge on any atom is 0.0957 e. The predicted molar refractivity (Wildman–Crippen MR) is 108 cm³/mol. The van der Waals surface area contributed by atoms with Gasteiger partial charge in [-0.2, -0.15) is 0 Å². The number of piperidine rings is 3. The van der Waals surface area contributed by atoms with Gasteiger partial charge in [0.25, 0.3) is 0 Å². The minimum Gasteiger partial charge on any atom is -0.387 e. The molecule has 0 spiro atoms. The summed E-state index contributed by atoms with van der Waals surface area (Å²) in [5.74, 6) is 1.25. The maximum atomic E-state index is 11.6. The first-order chi connectivity index (χ1) is 12.8. The molecule has 3 saturated heterocycles. The molecule has 6 rings (SSSR count). The van der Waals surface area contributed by atoms with Gasteiger partial charge in [-0.25, -0.2) is 0 Å². The normalized spacial score (nSPS) is 29.1. The minimum absolute atomic E-state index is 0.208. The summed E-state index contributed by atoms with van der Waals surface area (Å²) in [5, 5.41) is 16.3. The smallest absolute Gasteiger partial charge is 0.0957 e. The van der Waals surface area contributed by atoms with Crippen molar-refractivity contribution >= 4 is 21.5 Å². The molecule has 132 valence electrons. The van der Waals surface area contributed by atoms with Crippen molar-refractivity contribution in [1.82, 2.24) is 4.90 Å². The fraction of sp³-hybridized carbons (Fsp3) is 0.333. The molecule has 3 heterocycles. The van der Waals surface area contributed by atoms with E-state index in [0.717, 1.165) is 25.1 Å². The van der Waals surface area contributed by atoms with Crippen molar-refractivity contribution in [2.75, 3.05) is 13.1 Å². The third-order valence-corrected chi connectivity index (χ3v) is 6.63. The Balaban J connectivity index is 1.65. The molecule has 0 saturated carbocycles. The predicted octanol–water partition coefficient (Wildman–Crippen LogP) is 4.92. The van der Waals surface area contributed by atoms with Crippen LogP contribution >= 0.6 is 0 Å². The highest BCUT2D eigenvalue weighted by Crippen LogP contribution is 2.43. The molecule has 3 aromatic rings. The van der Waals surface area contributed by atoms with Crippen LogP contribution in [-0.4, -0.2) is 29.1 Å². The van der Waals surface area contributed by atoms with Crippen molar-refractivity contribution < 1.29 is 5.11 Å². The number of fused-ring (bicyclic) bond motifs is 5. The Morgan fingerprint density at radius 2 is 1.69 bits per heavy atom. The lowest BCUT2D eigenvalue weighted by atomic mass is 9.73. The van der Waals surface area contributed by atoms with Crippen LogP contribution in [0.3, 0.4) is 0 Å². The molecule has 26 heavy (non-hydrogen) atoms. The van der Waals surface area contributed by atoms with E-state index in [1.54, 1.807) is 0 Å². The number of hydrogen-bond acceptors (Lipinski definition) is 2. The van der Waals surface area contributed by atoms with Gasteiger partial charge in [0.2, 0.25) is 0 Å². The van der Waals surface area contributed by atoms with E-state index in [-0.39, 0.29) is 6.04 Å². The molecule has 2 bridgehead atoms. The van der Waals surface area contributed by atoms with Gasteiger partial charge >= 0.3 is 0 Å². The van der Waals surface area contributed by atoms with Crippen LogP contribution in [0, 0.1) is 11.8 Å². The van der Waals surface area contributed by atoms with Gasteiger partial charge in [0, 0.05) is 12.6 Å².